The summed E-state index contributed by atoms with van der Waals surface area (Å²) < 4.78 is 0.0662. The molecule has 94 valence electrons. The minimum absolute atomic E-state index is 0.0662. The maximum absolute atomic E-state index is 3.20. The van der Waals surface area contributed by atoms with Crippen LogP contribution in [0, 0.1) is 5.41 Å². The zero-order chi connectivity index (χ0) is 12.8. The second-order valence-corrected chi connectivity index (χ2v) is 8.39. The van der Waals surface area contributed by atoms with E-state index in [9.17, 15) is 0 Å². The zero-order valence-corrected chi connectivity index (χ0v) is 12.5. The highest BCUT2D eigenvalue weighted by Crippen LogP contribution is 2.68. The van der Waals surface area contributed by atoms with E-state index >= 15 is 0 Å². The topological polar surface area (TPSA) is 15.8 Å². The summed E-state index contributed by atoms with van der Waals surface area (Å²) in [4.78, 5) is 6.01. The van der Waals surface area contributed by atoms with Crippen LogP contribution >= 0.6 is 23.5 Å². The van der Waals surface area contributed by atoms with Gasteiger partial charge in [-0.25, -0.2) is 0 Å². The van der Waals surface area contributed by atoms with Crippen molar-refractivity contribution < 1.29 is 0 Å². The van der Waals surface area contributed by atoms with Crippen molar-refractivity contribution in [3.63, 3.8) is 0 Å². The van der Waals surface area contributed by atoms with Gasteiger partial charge in [-0.2, -0.15) is 0 Å². The maximum atomic E-state index is 3.20. The van der Waals surface area contributed by atoms with Crippen LogP contribution in [0.2, 0.25) is 0 Å². The van der Waals surface area contributed by atoms with Gasteiger partial charge in [0.2, 0.25) is 0 Å². The van der Waals surface area contributed by atoms with Gasteiger partial charge in [0.15, 0.2) is 0 Å². The van der Waals surface area contributed by atoms with E-state index < -0.39 is 0 Å². The van der Waals surface area contributed by atoms with Gasteiger partial charge in [-0.3, -0.25) is 0 Å². The smallest absolute Gasteiger partial charge is 0.102 e. The first kappa shape index (κ1) is 12.2. The molecule has 1 aliphatic rings. The van der Waals surface area contributed by atoms with E-state index in [-0.39, 0.29) is 9.49 Å². The quantitative estimate of drug-likeness (QED) is 0.778. The lowest BCUT2D eigenvalue weighted by atomic mass is 9.87. The van der Waals surface area contributed by atoms with Crippen LogP contribution in [0.3, 0.4) is 0 Å². The maximum Gasteiger partial charge on any atom is 0.102 e. The molecule has 1 aliphatic heterocycles. The van der Waals surface area contributed by atoms with Crippen LogP contribution in [0.25, 0.3) is 0 Å². The average Bonchev–Trinajstić information content (AvgIpc) is 2.95. The molecule has 3 heteroatoms. The van der Waals surface area contributed by atoms with Crippen molar-refractivity contribution in [1.82, 2.24) is 4.98 Å². The van der Waals surface area contributed by atoms with Crippen molar-refractivity contribution in [3.05, 3.63) is 48.3 Å². The van der Waals surface area contributed by atoms with E-state index in [1.54, 1.807) is 0 Å². The number of nitrogens with one attached hydrogen (secondary N) is 1. The molecule has 0 saturated heterocycles. The van der Waals surface area contributed by atoms with Crippen LogP contribution in [0.15, 0.2) is 52.5 Å². The lowest BCUT2D eigenvalue weighted by Crippen LogP contribution is -2.31. The van der Waals surface area contributed by atoms with Gasteiger partial charge >= 0.3 is 0 Å². The molecule has 0 unspecified atom stereocenters. The van der Waals surface area contributed by atoms with Crippen molar-refractivity contribution in [2.24, 2.45) is 5.41 Å². The summed E-state index contributed by atoms with van der Waals surface area (Å²) in [6.07, 6.45) is 4.16. The third-order valence-electron chi connectivity index (χ3n) is 3.32. The Kier molecular flexibility index (Phi) is 2.79. The first-order valence-corrected chi connectivity index (χ1v) is 7.76. The number of H-pyrrole nitrogens is 1. The highest BCUT2D eigenvalue weighted by atomic mass is 32.2. The Morgan fingerprint density at radius 3 is 2.06 bits per heavy atom. The summed E-state index contributed by atoms with van der Waals surface area (Å²) in [5.74, 6) is 0. The fourth-order valence-electron chi connectivity index (χ4n) is 2.33. The van der Waals surface area contributed by atoms with Gasteiger partial charge in [-0.1, -0.05) is 32.9 Å². The molecule has 0 amide bonds. The first-order valence-electron chi connectivity index (χ1n) is 6.13. The normalized spacial score (nSPS) is 17.7. The predicted molar refractivity (Wildman–Crippen MR) is 80.1 cm³/mol. The van der Waals surface area contributed by atoms with Crippen molar-refractivity contribution in [2.75, 3.05) is 0 Å². The van der Waals surface area contributed by atoms with Crippen LogP contribution in [-0.2, 0) is 4.08 Å². The summed E-state index contributed by atoms with van der Waals surface area (Å²) >= 11 is 3.98. The van der Waals surface area contributed by atoms with Crippen molar-refractivity contribution in [3.8, 4) is 0 Å². The van der Waals surface area contributed by atoms with Gasteiger partial charge in [0.05, 0.1) is 0 Å². The number of rotatable bonds is 1. The van der Waals surface area contributed by atoms with Gasteiger partial charge < -0.3 is 4.98 Å². The third kappa shape index (κ3) is 1.72. The number of hydrogen-bond donors (Lipinski definition) is 1. The Balaban J connectivity index is 2.12. The molecule has 2 aromatic rings. The molecular weight excluding hydrogens is 258 g/mol. The summed E-state index contributed by atoms with van der Waals surface area (Å²) in [7, 11) is 0. The Bertz CT molecular complexity index is 527. The van der Waals surface area contributed by atoms with Crippen LogP contribution in [-0.4, -0.2) is 4.98 Å². The van der Waals surface area contributed by atoms with E-state index in [1.165, 1.54) is 15.4 Å². The molecule has 0 spiro atoms. The molecule has 1 aromatic carbocycles. The van der Waals surface area contributed by atoms with E-state index in [2.05, 4.69) is 62.3 Å². The van der Waals surface area contributed by atoms with E-state index in [0.29, 0.717) is 0 Å². The Hall–Kier alpha value is -0.800. The molecule has 0 saturated carbocycles. The van der Waals surface area contributed by atoms with Crippen molar-refractivity contribution in [1.29, 1.82) is 0 Å². The lowest BCUT2D eigenvalue weighted by molar-refractivity contribution is 0.374. The average molecular weight is 275 g/mol. The zero-order valence-electron chi connectivity index (χ0n) is 10.9. The Morgan fingerprint density at radius 1 is 1.00 bits per heavy atom. The van der Waals surface area contributed by atoms with Crippen molar-refractivity contribution >= 4 is 23.5 Å². The fraction of sp³-hybridized carbons (Fsp3) is 0.333. The molecule has 0 bridgehead atoms. The predicted octanol–water partition coefficient (Wildman–Crippen LogP) is 5.11. The van der Waals surface area contributed by atoms with Gasteiger partial charge in [0.1, 0.15) is 4.08 Å². The number of benzene rings is 1. The largest absolute Gasteiger partial charge is 0.367 e. The number of hydrogen-bond acceptors (Lipinski definition) is 2. The molecular formula is C15H17NS2. The molecule has 0 radical (unpaired) electrons. The highest BCUT2D eigenvalue weighted by Gasteiger charge is 2.49. The van der Waals surface area contributed by atoms with Gasteiger partial charge in [0.25, 0.3) is 0 Å². The molecule has 1 N–H and O–H groups in total. The molecule has 2 heterocycles. The second kappa shape index (κ2) is 4.10. The van der Waals surface area contributed by atoms with Gasteiger partial charge in [-0.05, 0) is 29.2 Å². The molecule has 0 aliphatic carbocycles. The summed E-state index contributed by atoms with van der Waals surface area (Å²) in [6, 6.07) is 10.9. The van der Waals surface area contributed by atoms with E-state index in [4.69, 9.17) is 0 Å². The minimum Gasteiger partial charge on any atom is -0.367 e. The Labute approximate surface area is 117 Å². The minimum atomic E-state index is 0.0662. The molecule has 1 aromatic heterocycles. The van der Waals surface area contributed by atoms with Crippen LogP contribution in [0.5, 0.6) is 0 Å². The summed E-state index contributed by atoms with van der Waals surface area (Å²) in [5, 5.41) is 0. The van der Waals surface area contributed by atoms with E-state index in [1.807, 2.05) is 29.7 Å². The SMILES string of the molecule is CC(C)(C)C1(c2cc[nH]c2)Sc2ccccc2S1. The van der Waals surface area contributed by atoms with Crippen LogP contribution in [0.4, 0.5) is 0 Å². The molecule has 0 atom stereocenters. The first-order chi connectivity index (χ1) is 8.53. The van der Waals surface area contributed by atoms with Crippen molar-refractivity contribution in [2.45, 2.75) is 34.6 Å². The molecule has 3 rings (SSSR count). The lowest BCUT2D eigenvalue weighted by Gasteiger charge is -2.39. The third-order valence-corrected chi connectivity index (χ3v) is 7.37. The fourth-order valence-corrected chi connectivity index (χ4v) is 5.64. The van der Waals surface area contributed by atoms with Gasteiger partial charge in [0, 0.05) is 22.2 Å². The number of thioether (sulfide) groups is 2. The Morgan fingerprint density at radius 2 is 1.61 bits per heavy atom. The summed E-state index contributed by atoms with van der Waals surface area (Å²) in [6.45, 7) is 6.98. The summed E-state index contributed by atoms with van der Waals surface area (Å²) in [5.41, 5.74) is 1.56. The number of aromatic nitrogens is 1. The van der Waals surface area contributed by atoms with Crippen LogP contribution < -0.4 is 0 Å². The van der Waals surface area contributed by atoms with Crippen LogP contribution in [0.1, 0.15) is 26.3 Å². The molecule has 1 nitrogen and oxygen atoms in total. The standard InChI is InChI=1S/C15H17NS2/c1-14(2,3)15(11-8-9-16-10-11)17-12-6-4-5-7-13(12)18-15/h4-10,16H,1-3H3. The second-order valence-electron chi connectivity index (χ2n) is 5.62. The van der Waals surface area contributed by atoms with E-state index in [0.717, 1.165) is 0 Å². The monoisotopic (exact) mass is 275 g/mol. The molecule has 18 heavy (non-hydrogen) atoms. The molecule has 0 fully saturated rings. The highest BCUT2D eigenvalue weighted by molar-refractivity contribution is 8.20. The van der Waals surface area contributed by atoms with Gasteiger partial charge in [-0.15, -0.1) is 23.5 Å². The number of aromatic amines is 1. The number of fused-ring (bicyclic) bond motifs is 1.